The van der Waals surface area contributed by atoms with E-state index in [1.807, 2.05) is 0 Å². The molecule has 2 amide bonds. The number of primary amides is 1. The third-order valence-electron chi connectivity index (χ3n) is 4.95. The highest BCUT2D eigenvalue weighted by molar-refractivity contribution is 5.93. The Balaban J connectivity index is 2.12. The second-order valence-electron chi connectivity index (χ2n) is 7.35. The summed E-state index contributed by atoms with van der Waals surface area (Å²) in [5.74, 6) is 3.36. The molecule has 1 aromatic carbocycles. The number of benzene rings is 1. The lowest BCUT2D eigenvalue weighted by atomic mass is 10.0. The van der Waals surface area contributed by atoms with Crippen molar-refractivity contribution in [2.24, 2.45) is 5.73 Å². The molecule has 1 aromatic heterocycles. The Morgan fingerprint density at radius 1 is 1.38 bits per heavy atom. The zero-order valence-electron chi connectivity index (χ0n) is 17.6. The van der Waals surface area contributed by atoms with E-state index in [0.717, 1.165) is 4.57 Å². The lowest BCUT2D eigenvalue weighted by Gasteiger charge is -2.22. The van der Waals surface area contributed by atoms with Crippen LogP contribution < -0.4 is 10.5 Å². The summed E-state index contributed by atoms with van der Waals surface area (Å²) in [4.78, 5) is 29.0. The molecule has 1 atom stereocenters. The molecule has 32 heavy (non-hydrogen) atoms. The Morgan fingerprint density at radius 2 is 2.06 bits per heavy atom. The molecule has 0 bridgehead atoms. The number of hydrogen-bond donors (Lipinski definition) is 2. The van der Waals surface area contributed by atoms with E-state index in [2.05, 4.69) is 16.8 Å². The van der Waals surface area contributed by atoms with Gasteiger partial charge >= 0.3 is 6.18 Å². The quantitative estimate of drug-likeness (QED) is 0.691. The molecule has 2 heterocycles. The number of carbonyl (C=O) groups is 2. The fourth-order valence-corrected chi connectivity index (χ4v) is 3.25. The van der Waals surface area contributed by atoms with Gasteiger partial charge in [-0.15, -0.1) is 0 Å². The molecule has 1 unspecified atom stereocenters. The summed E-state index contributed by atoms with van der Waals surface area (Å²) in [6.07, 6.45) is -4.86. The molecule has 0 fully saturated rings. The lowest BCUT2D eigenvalue weighted by molar-refractivity contribution is -0.144. The number of hydrogen-bond acceptors (Lipinski definition) is 5. The maximum Gasteiger partial charge on any atom is 0.433 e. The van der Waals surface area contributed by atoms with Crippen molar-refractivity contribution in [2.75, 3.05) is 20.2 Å². The number of ether oxygens (including phenoxy) is 1. The maximum atomic E-state index is 13.6. The summed E-state index contributed by atoms with van der Waals surface area (Å²) in [6, 6.07) is 4.45. The van der Waals surface area contributed by atoms with Crippen molar-refractivity contribution in [2.45, 2.75) is 32.2 Å². The summed E-state index contributed by atoms with van der Waals surface area (Å²) >= 11 is 0. The van der Waals surface area contributed by atoms with Gasteiger partial charge in [0.1, 0.15) is 18.2 Å². The zero-order valence-corrected chi connectivity index (χ0v) is 17.6. The standard InChI is InChI=1S/C21H21F3N4O4/c1-4-27(3)19(30)20(2,31)8-7-12-5-6-14-13(11-12)18-26-15(17(25)29)16(21(22,23)24)28(18)9-10-32-14/h5-6,11,31H,4,9-10H2,1-3H3,(H2,25,29). The highest BCUT2D eigenvalue weighted by Crippen LogP contribution is 2.39. The number of imidazole rings is 1. The first kappa shape index (κ1) is 23.1. The maximum absolute atomic E-state index is 13.6. The van der Waals surface area contributed by atoms with Crippen LogP contribution in [0.3, 0.4) is 0 Å². The topological polar surface area (TPSA) is 111 Å². The molecule has 3 N–H and O–H groups in total. The Kier molecular flexibility index (Phi) is 5.93. The zero-order chi connectivity index (χ0) is 23.8. The van der Waals surface area contributed by atoms with Crippen LogP contribution in [0.1, 0.15) is 35.6 Å². The fraction of sp³-hybridized carbons (Fsp3) is 0.381. The monoisotopic (exact) mass is 450 g/mol. The molecule has 11 heteroatoms. The molecule has 8 nitrogen and oxygen atoms in total. The van der Waals surface area contributed by atoms with E-state index in [1.54, 1.807) is 6.92 Å². The predicted molar refractivity (Wildman–Crippen MR) is 107 cm³/mol. The van der Waals surface area contributed by atoms with E-state index in [1.165, 1.54) is 37.1 Å². The third kappa shape index (κ3) is 4.27. The van der Waals surface area contributed by atoms with Gasteiger partial charge in [-0.1, -0.05) is 11.8 Å². The molecule has 170 valence electrons. The molecule has 0 saturated heterocycles. The minimum Gasteiger partial charge on any atom is -0.491 e. The number of halogens is 3. The summed E-state index contributed by atoms with van der Waals surface area (Å²) in [5.41, 5.74) is 1.52. The fourth-order valence-electron chi connectivity index (χ4n) is 3.25. The Morgan fingerprint density at radius 3 is 2.66 bits per heavy atom. The minimum atomic E-state index is -4.86. The van der Waals surface area contributed by atoms with Gasteiger partial charge in [0.2, 0.25) is 5.60 Å². The third-order valence-corrected chi connectivity index (χ3v) is 4.95. The van der Waals surface area contributed by atoms with Crippen LogP contribution in [0, 0.1) is 11.8 Å². The first-order valence-electron chi connectivity index (χ1n) is 9.62. The SMILES string of the molecule is CCN(C)C(=O)C(C)(O)C#Cc1ccc2c(c1)-c1nc(C(N)=O)c(C(F)(F)F)n1CCO2. The van der Waals surface area contributed by atoms with Crippen molar-refractivity contribution >= 4 is 11.8 Å². The molecule has 0 saturated carbocycles. The van der Waals surface area contributed by atoms with Crippen molar-refractivity contribution in [3.8, 4) is 29.0 Å². The number of nitrogens with zero attached hydrogens (tertiary/aromatic N) is 3. The van der Waals surface area contributed by atoms with Gasteiger partial charge in [-0.3, -0.25) is 9.59 Å². The van der Waals surface area contributed by atoms with Crippen molar-refractivity contribution in [3.63, 3.8) is 0 Å². The van der Waals surface area contributed by atoms with Gasteiger partial charge in [0.25, 0.3) is 11.8 Å². The van der Waals surface area contributed by atoms with Crippen LogP contribution in [0.25, 0.3) is 11.4 Å². The van der Waals surface area contributed by atoms with Gasteiger partial charge in [-0.25, -0.2) is 4.98 Å². The molecule has 2 aromatic rings. The normalized spacial score (nSPS) is 14.6. The number of alkyl halides is 3. The number of carbonyl (C=O) groups excluding carboxylic acids is 2. The van der Waals surface area contributed by atoms with Gasteiger partial charge in [0, 0.05) is 19.2 Å². The van der Waals surface area contributed by atoms with Crippen LogP contribution in [0.15, 0.2) is 18.2 Å². The highest BCUT2D eigenvalue weighted by Gasteiger charge is 2.42. The molecule has 1 aliphatic rings. The summed E-state index contributed by atoms with van der Waals surface area (Å²) < 4.78 is 47.3. The first-order valence-corrected chi connectivity index (χ1v) is 9.62. The van der Waals surface area contributed by atoms with E-state index >= 15 is 0 Å². The predicted octanol–water partition coefficient (Wildman–Crippen LogP) is 1.64. The van der Waals surface area contributed by atoms with E-state index < -0.39 is 35.0 Å². The number of nitrogens with two attached hydrogens (primary N) is 1. The second kappa shape index (κ2) is 8.20. The van der Waals surface area contributed by atoms with E-state index in [4.69, 9.17) is 10.5 Å². The Hall–Kier alpha value is -3.52. The van der Waals surface area contributed by atoms with Crippen molar-refractivity contribution in [1.29, 1.82) is 0 Å². The summed E-state index contributed by atoms with van der Waals surface area (Å²) in [6.45, 7) is 3.08. The first-order chi connectivity index (χ1) is 14.9. The number of aliphatic hydroxyl groups is 1. The molecular weight excluding hydrogens is 429 g/mol. The minimum absolute atomic E-state index is 0.0881. The Bertz CT molecular complexity index is 1140. The average molecular weight is 450 g/mol. The van der Waals surface area contributed by atoms with E-state index in [-0.39, 0.29) is 30.3 Å². The molecule has 0 spiro atoms. The van der Waals surface area contributed by atoms with Gasteiger partial charge in [-0.2, -0.15) is 13.2 Å². The largest absolute Gasteiger partial charge is 0.491 e. The van der Waals surface area contributed by atoms with Gasteiger partial charge < -0.3 is 25.0 Å². The number of likely N-dealkylation sites (N-methyl/N-ethyl adjacent to an activating group) is 1. The van der Waals surface area contributed by atoms with E-state index in [0.29, 0.717) is 12.1 Å². The van der Waals surface area contributed by atoms with Crippen LogP contribution in [-0.4, -0.2) is 57.2 Å². The molecule has 0 aliphatic carbocycles. The van der Waals surface area contributed by atoms with Gasteiger partial charge in [0.05, 0.1) is 12.1 Å². The smallest absolute Gasteiger partial charge is 0.433 e. The van der Waals surface area contributed by atoms with Crippen molar-refractivity contribution in [3.05, 3.63) is 35.2 Å². The lowest BCUT2D eigenvalue weighted by Crippen LogP contribution is -2.44. The Labute approximate surface area is 181 Å². The second-order valence-corrected chi connectivity index (χ2v) is 7.35. The number of rotatable bonds is 3. The number of fused-ring (bicyclic) bond motifs is 3. The van der Waals surface area contributed by atoms with Crippen LogP contribution in [0.2, 0.25) is 0 Å². The van der Waals surface area contributed by atoms with Crippen LogP contribution in [0.4, 0.5) is 13.2 Å². The highest BCUT2D eigenvalue weighted by atomic mass is 19.4. The number of aromatic nitrogens is 2. The molecule has 1 aliphatic heterocycles. The summed E-state index contributed by atoms with van der Waals surface area (Å²) in [5, 5.41) is 10.4. The van der Waals surface area contributed by atoms with Gasteiger partial charge in [0.15, 0.2) is 11.4 Å². The molecule has 3 rings (SSSR count). The van der Waals surface area contributed by atoms with Crippen molar-refractivity contribution < 1.29 is 32.6 Å². The average Bonchev–Trinajstić information content (AvgIpc) is 3.03. The van der Waals surface area contributed by atoms with E-state index in [9.17, 15) is 27.9 Å². The van der Waals surface area contributed by atoms with Crippen molar-refractivity contribution in [1.82, 2.24) is 14.5 Å². The summed E-state index contributed by atoms with van der Waals surface area (Å²) in [7, 11) is 1.52. The number of amides is 2. The molecule has 0 radical (unpaired) electrons. The van der Waals surface area contributed by atoms with Crippen LogP contribution in [0.5, 0.6) is 5.75 Å². The van der Waals surface area contributed by atoms with Gasteiger partial charge in [-0.05, 0) is 32.0 Å². The molecular formula is C21H21F3N4O4. The van der Waals surface area contributed by atoms with Crippen LogP contribution in [-0.2, 0) is 17.5 Å². The van der Waals surface area contributed by atoms with Crippen LogP contribution >= 0.6 is 0 Å².